The van der Waals surface area contributed by atoms with Crippen molar-refractivity contribution in [2.45, 2.75) is 6.42 Å². The number of hydrogen-bond donors (Lipinski definition) is 2. The molecular weight excluding hydrogens is 209 g/mol. The third-order valence-electron chi connectivity index (χ3n) is 1.94. The van der Waals surface area contributed by atoms with Gasteiger partial charge in [0.1, 0.15) is 5.75 Å². The van der Waals surface area contributed by atoms with Crippen LogP contribution in [0.5, 0.6) is 5.75 Å². The lowest BCUT2D eigenvalue weighted by Gasteiger charge is -2.09. The molecule has 0 amide bonds. The molecule has 0 heterocycles. The maximum absolute atomic E-state index is 11.8. The molecule has 88 valence electrons. The van der Waals surface area contributed by atoms with Gasteiger partial charge in [0, 0.05) is 6.54 Å². The summed E-state index contributed by atoms with van der Waals surface area (Å²) in [7, 11) is 1.58. The Morgan fingerprint density at radius 3 is 2.94 bits per heavy atom. The molecule has 1 aromatic rings. The van der Waals surface area contributed by atoms with Gasteiger partial charge in [-0.15, -0.1) is 0 Å². The molecule has 0 atom stereocenters. The molecule has 4 nitrogen and oxygen atoms in total. The lowest BCUT2D eigenvalue weighted by atomic mass is 10.3. The third-order valence-corrected chi connectivity index (χ3v) is 1.94. The summed E-state index contributed by atoms with van der Waals surface area (Å²) in [5.41, 5.74) is 6.37. The van der Waals surface area contributed by atoms with Crippen molar-refractivity contribution in [1.82, 2.24) is 0 Å². The van der Waals surface area contributed by atoms with Gasteiger partial charge < -0.3 is 15.8 Å². The van der Waals surface area contributed by atoms with Crippen molar-refractivity contribution in [2.24, 2.45) is 10.7 Å². The molecule has 1 rings (SSSR count). The van der Waals surface area contributed by atoms with Crippen molar-refractivity contribution < 1.29 is 9.13 Å². The van der Waals surface area contributed by atoms with Crippen LogP contribution in [0.1, 0.15) is 6.42 Å². The van der Waals surface area contributed by atoms with Gasteiger partial charge in [0.2, 0.25) is 0 Å². The summed E-state index contributed by atoms with van der Waals surface area (Å²) in [6, 6.07) is 7.37. The number of nitrogens with zero attached hydrogens (tertiary/aromatic N) is 1. The Morgan fingerprint density at radius 2 is 2.25 bits per heavy atom. The summed E-state index contributed by atoms with van der Waals surface area (Å²) in [4.78, 5) is 3.97. The second-order valence-corrected chi connectivity index (χ2v) is 3.13. The van der Waals surface area contributed by atoms with Gasteiger partial charge in [-0.2, -0.15) is 0 Å². The second-order valence-electron chi connectivity index (χ2n) is 3.13. The third kappa shape index (κ3) is 3.76. The van der Waals surface area contributed by atoms with E-state index in [-0.39, 0.29) is 12.6 Å². The number of ether oxygens (including phenoxy) is 1. The van der Waals surface area contributed by atoms with E-state index in [1.165, 1.54) is 0 Å². The van der Waals surface area contributed by atoms with E-state index in [1.807, 2.05) is 24.3 Å². The molecule has 0 saturated heterocycles. The number of hydrogen-bond acceptors (Lipinski definition) is 2. The van der Waals surface area contributed by atoms with E-state index in [2.05, 4.69) is 10.3 Å². The molecule has 3 N–H and O–H groups in total. The number of benzene rings is 1. The first-order valence-corrected chi connectivity index (χ1v) is 5.04. The number of nitrogens with one attached hydrogen (secondary N) is 1. The molecule has 0 radical (unpaired) electrons. The molecule has 0 aromatic heterocycles. The van der Waals surface area contributed by atoms with Crippen molar-refractivity contribution in [3.8, 4) is 5.75 Å². The maximum Gasteiger partial charge on any atom is 0.193 e. The number of nitrogens with two attached hydrogens (primary N) is 1. The van der Waals surface area contributed by atoms with Crippen LogP contribution in [0, 0.1) is 0 Å². The minimum atomic E-state index is -0.383. The molecule has 0 fully saturated rings. The van der Waals surface area contributed by atoms with Crippen LogP contribution in [0.25, 0.3) is 0 Å². The van der Waals surface area contributed by atoms with Crippen LogP contribution >= 0.6 is 0 Å². The zero-order valence-electron chi connectivity index (χ0n) is 9.24. The Bertz CT molecular complexity index is 355. The molecule has 0 unspecified atom stereocenters. The zero-order chi connectivity index (χ0) is 11.8. The lowest BCUT2D eigenvalue weighted by molar-refractivity contribution is 0.417. The number of aliphatic imine (C=N–C) groups is 1. The number of para-hydroxylation sites is 2. The predicted molar refractivity (Wildman–Crippen MR) is 63.7 cm³/mol. The second kappa shape index (κ2) is 6.66. The first-order valence-electron chi connectivity index (χ1n) is 5.04. The predicted octanol–water partition coefficient (Wildman–Crippen LogP) is 1.78. The summed E-state index contributed by atoms with van der Waals surface area (Å²) in [6.45, 7) is -0.00405. The van der Waals surface area contributed by atoms with Gasteiger partial charge in [0.25, 0.3) is 0 Å². The van der Waals surface area contributed by atoms with Crippen LogP contribution in [0.3, 0.4) is 0 Å². The molecule has 0 bridgehead atoms. The minimum absolute atomic E-state index is 0.262. The molecule has 5 heteroatoms. The molecule has 16 heavy (non-hydrogen) atoms. The molecule has 1 aromatic carbocycles. The summed E-state index contributed by atoms with van der Waals surface area (Å²) in [6.07, 6.45) is 0.383. The smallest absolute Gasteiger partial charge is 0.193 e. The fourth-order valence-corrected chi connectivity index (χ4v) is 1.18. The van der Waals surface area contributed by atoms with Crippen LogP contribution in [-0.2, 0) is 0 Å². The molecule has 0 aliphatic rings. The number of alkyl halides is 1. The lowest BCUT2D eigenvalue weighted by Crippen LogP contribution is -2.23. The zero-order valence-corrected chi connectivity index (χ0v) is 9.24. The van der Waals surface area contributed by atoms with Crippen LogP contribution in [-0.4, -0.2) is 26.3 Å². The quantitative estimate of drug-likeness (QED) is 0.456. The minimum Gasteiger partial charge on any atom is -0.495 e. The summed E-state index contributed by atoms with van der Waals surface area (Å²) in [5.74, 6) is 0.948. The normalized spacial score (nSPS) is 11.2. The van der Waals surface area contributed by atoms with Crippen LogP contribution < -0.4 is 15.8 Å². The van der Waals surface area contributed by atoms with Gasteiger partial charge in [-0.1, -0.05) is 12.1 Å². The van der Waals surface area contributed by atoms with E-state index < -0.39 is 0 Å². The Morgan fingerprint density at radius 1 is 1.50 bits per heavy atom. The Hall–Kier alpha value is -1.78. The fraction of sp³-hybridized carbons (Fsp3) is 0.364. The number of anilines is 1. The van der Waals surface area contributed by atoms with E-state index in [0.29, 0.717) is 18.7 Å². The highest BCUT2D eigenvalue weighted by atomic mass is 19.1. The SMILES string of the molecule is COc1ccccc1NC(N)=NCCCF. The van der Waals surface area contributed by atoms with E-state index in [9.17, 15) is 4.39 Å². The van der Waals surface area contributed by atoms with Gasteiger partial charge in [-0.05, 0) is 18.6 Å². The Balaban J connectivity index is 2.61. The monoisotopic (exact) mass is 225 g/mol. The van der Waals surface area contributed by atoms with Gasteiger partial charge in [0.05, 0.1) is 19.5 Å². The average Bonchev–Trinajstić information content (AvgIpc) is 2.30. The fourth-order valence-electron chi connectivity index (χ4n) is 1.18. The topological polar surface area (TPSA) is 59.6 Å². The summed E-state index contributed by atoms with van der Waals surface area (Å²) >= 11 is 0. The van der Waals surface area contributed by atoms with Crippen molar-refractivity contribution in [1.29, 1.82) is 0 Å². The van der Waals surface area contributed by atoms with Gasteiger partial charge in [0.15, 0.2) is 5.96 Å². The Labute approximate surface area is 94.3 Å². The van der Waals surface area contributed by atoms with Crippen LogP contribution in [0.2, 0.25) is 0 Å². The first-order chi connectivity index (χ1) is 7.77. The number of rotatable bonds is 5. The van der Waals surface area contributed by atoms with E-state index in [4.69, 9.17) is 10.5 Å². The van der Waals surface area contributed by atoms with Crippen molar-refractivity contribution >= 4 is 11.6 Å². The van der Waals surface area contributed by atoms with Crippen LogP contribution in [0.4, 0.5) is 10.1 Å². The van der Waals surface area contributed by atoms with Crippen molar-refractivity contribution in [2.75, 3.05) is 25.6 Å². The molecular formula is C11H16FN3O. The summed E-state index contributed by atoms with van der Waals surface area (Å²) < 4.78 is 17.0. The molecule has 0 saturated carbocycles. The summed E-state index contributed by atoms with van der Waals surface area (Å²) in [5, 5.41) is 2.90. The van der Waals surface area contributed by atoms with Gasteiger partial charge >= 0.3 is 0 Å². The standard InChI is InChI=1S/C11H16FN3O/c1-16-10-6-3-2-5-9(10)15-11(13)14-8-4-7-12/h2-3,5-6H,4,7-8H2,1H3,(H3,13,14,15). The van der Waals surface area contributed by atoms with E-state index in [0.717, 1.165) is 5.69 Å². The number of halogens is 1. The van der Waals surface area contributed by atoms with E-state index >= 15 is 0 Å². The Kier molecular flexibility index (Phi) is 5.11. The highest BCUT2D eigenvalue weighted by Crippen LogP contribution is 2.22. The first kappa shape index (κ1) is 12.3. The molecule has 0 aliphatic heterocycles. The number of guanidine groups is 1. The van der Waals surface area contributed by atoms with Crippen molar-refractivity contribution in [3.63, 3.8) is 0 Å². The molecule has 0 spiro atoms. The van der Waals surface area contributed by atoms with E-state index in [1.54, 1.807) is 7.11 Å². The molecule has 0 aliphatic carbocycles. The average molecular weight is 225 g/mol. The highest BCUT2D eigenvalue weighted by Gasteiger charge is 2.01. The van der Waals surface area contributed by atoms with Crippen LogP contribution in [0.15, 0.2) is 29.3 Å². The number of methoxy groups -OCH3 is 1. The van der Waals surface area contributed by atoms with Gasteiger partial charge in [-0.3, -0.25) is 9.38 Å². The van der Waals surface area contributed by atoms with Crippen molar-refractivity contribution in [3.05, 3.63) is 24.3 Å². The maximum atomic E-state index is 11.8. The largest absolute Gasteiger partial charge is 0.495 e. The highest BCUT2D eigenvalue weighted by molar-refractivity contribution is 5.93. The van der Waals surface area contributed by atoms with Gasteiger partial charge in [-0.25, -0.2) is 0 Å².